The maximum Gasteiger partial charge on any atom is 0.186 e. The van der Waals surface area contributed by atoms with Crippen LogP contribution in [0.5, 0.6) is 0 Å². The van der Waals surface area contributed by atoms with Crippen molar-refractivity contribution < 1.29 is 8.78 Å². The van der Waals surface area contributed by atoms with Crippen molar-refractivity contribution in [2.24, 2.45) is 0 Å². The van der Waals surface area contributed by atoms with Crippen LogP contribution in [0.3, 0.4) is 0 Å². The molecular weight excluding hydrogens is 212 g/mol. The van der Waals surface area contributed by atoms with Gasteiger partial charge in [-0.25, -0.2) is 13.8 Å². The molecule has 1 aromatic heterocycles. The molecule has 1 aliphatic rings. The SMILES string of the molecule is Fc1ccc2[nH]c(C3CCCN3)nc2c1F. The summed E-state index contributed by atoms with van der Waals surface area (Å²) in [6, 6.07) is 2.76. The zero-order valence-electron chi connectivity index (χ0n) is 8.56. The third kappa shape index (κ3) is 1.39. The zero-order valence-corrected chi connectivity index (χ0v) is 8.56. The van der Waals surface area contributed by atoms with Crippen LogP contribution in [0.2, 0.25) is 0 Å². The molecule has 5 heteroatoms. The molecule has 1 aromatic carbocycles. The van der Waals surface area contributed by atoms with E-state index in [1.165, 1.54) is 6.07 Å². The number of halogens is 2. The smallest absolute Gasteiger partial charge is 0.186 e. The number of imidazole rings is 1. The van der Waals surface area contributed by atoms with Gasteiger partial charge in [-0.05, 0) is 31.5 Å². The second kappa shape index (κ2) is 3.52. The summed E-state index contributed by atoms with van der Waals surface area (Å²) >= 11 is 0. The van der Waals surface area contributed by atoms with E-state index in [4.69, 9.17) is 0 Å². The second-order valence-electron chi connectivity index (χ2n) is 4.03. The van der Waals surface area contributed by atoms with E-state index < -0.39 is 11.6 Å². The first-order valence-electron chi connectivity index (χ1n) is 5.33. The van der Waals surface area contributed by atoms with Crippen LogP contribution in [0.1, 0.15) is 24.7 Å². The summed E-state index contributed by atoms with van der Waals surface area (Å²) < 4.78 is 26.4. The van der Waals surface area contributed by atoms with Gasteiger partial charge in [0, 0.05) is 0 Å². The molecule has 1 saturated heterocycles. The maximum atomic E-state index is 13.4. The van der Waals surface area contributed by atoms with Crippen LogP contribution in [0.4, 0.5) is 8.78 Å². The monoisotopic (exact) mass is 223 g/mol. The van der Waals surface area contributed by atoms with E-state index in [0.717, 1.165) is 25.5 Å². The molecule has 0 amide bonds. The van der Waals surface area contributed by atoms with Crippen molar-refractivity contribution in [2.75, 3.05) is 6.54 Å². The number of aromatic amines is 1. The van der Waals surface area contributed by atoms with E-state index in [1.54, 1.807) is 0 Å². The number of fused-ring (bicyclic) bond motifs is 1. The van der Waals surface area contributed by atoms with Crippen molar-refractivity contribution in [3.8, 4) is 0 Å². The van der Waals surface area contributed by atoms with Gasteiger partial charge in [-0.2, -0.15) is 0 Å². The van der Waals surface area contributed by atoms with Crippen LogP contribution >= 0.6 is 0 Å². The number of aromatic nitrogens is 2. The summed E-state index contributed by atoms with van der Waals surface area (Å²) in [6.07, 6.45) is 2.06. The molecule has 0 bridgehead atoms. The van der Waals surface area contributed by atoms with E-state index in [-0.39, 0.29) is 11.6 Å². The summed E-state index contributed by atoms with van der Waals surface area (Å²) in [6.45, 7) is 0.943. The lowest BCUT2D eigenvalue weighted by Gasteiger charge is -2.04. The number of nitrogens with zero attached hydrogens (tertiary/aromatic N) is 1. The molecule has 3 rings (SSSR count). The third-order valence-electron chi connectivity index (χ3n) is 2.95. The van der Waals surface area contributed by atoms with E-state index in [9.17, 15) is 8.78 Å². The number of hydrogen-bond donors (Lipinski definition) is 2. The fourth-order valence-electron chi connectivity index (χ4n) is 2.12. The first-order chi connectivity index (χ1) is 7.75. The molecule has 0 radical (unpaired) electrons. The van der Waals surface area contributed by atoms with Gasteiger partial charge >= 0.3 is 0 Å². The molecule has 2 N–H and O–H groups in total. The normalized spacial score (nSPS) is 20.8. The minimum atomic E-state index is -0.877. The standard InChI is InChI=1S/C11H11F2N3/c12-6-3-4-7-10(9(6)13)16-11(15-7)8-2-1-5-14-8/h3-4,8,14H,1-2,5H2,(H,15,16). The summed E-state index contributed by atoms with van der Waals surface area (Å²) in [7, 11) is 0. The van der Waals surface area contributed by atoms with Crippen LogP contribution in [0, 0.1) is 11.6 Å². The van der Waals surface area contributed by atoms with Gasteiger partial charge in [0.05, 0.1) is 11.6 Å². The Kier molecular flexibility index (Phi) is 2.14. The Morgan fingerprint density at radius 3 is 2.94 bits per heavy atom. The minimum Gasteiger partial charge on any atom is -0.341 e. The van der Waals surface area contributed by atoms with Gasteiger partial charge in [0.15, 0.2) is 11.6 Å². The average Bonchev–Trinajstić information content (AvgIpc) is 2.91. The van der Waals surface area contributed by atoms with E-state index in [0.29, 0.717) is 11.3 Å². The highest BCUT2D eigenvalue weighted by Crippen LogP contribution is 2.25. The van der Waals surface area contributed by atoms with Crippen molar-refractivity contribution in [1.29, 1.82) is 0 Å². The number of hydrogen-bond acceptors (Lipinski definition) is 2. The molecule has 0 spiro atoms. The molecular formula is C11H11F2N3. The molecule has 0 saturated carbocycles. The van der Waals surface area contributed by atoms with Crippen LogP contribution in [0.15, 0.2) is 12.1 Å². The largest absolute Gasteiger partial charge is 0.341 e. The zero-order chi connectivity index (χ0) is 11.1. The Morgan fingerprint density at radius 2 is 2.19 bits per heavy atom. The second-order valence-corrected chi connectivity index (χ2v) is 4.03. The van der Waals surface area contributed by atoms with Crippen LogP contribution < -0.4 is 5.32 Å². The van der Waals surface area contributed by atoms with Crippen molar-refractivity contribution in [1.82, 2.24) is 15.3 Å². The van der Waals surface area contributed by atoms with Crippen LogP contribution in [0.25, 0.3) is 11.0 Å². The topological polar surface area (TPSA) is 40.7 Å². The van der Waals surface area contributed by atoms with Crippen molar-refractivity contribution in [3.63, 3.8) is 0 Å². The summed E-state index contributed by atoms with van der Waals surface area (Å²) in [5.74, 6) is -1.04. The number of benzene rings is 1. The Hall–Kier alpha value is -1.49. The van der Waals surface area contributed by atoms with Crippen LogP contribution in [-0.4, -0.2) is 16.5 Å². The summed E-state index contributed by atoms with van der Waals surface area (Å²) in [5.41, 5.74) is 0.631. The fraction of sp³-hybridized carbons (Fsp3) is 0.364. The fourth-order valence-corrected chi connectivity index (χ4v) is 2.12. The molecule has 16 heavy (non-hydrogen) atoms. The Balaban J connectivity index is 2.11. The minimum absolute atomic E-state index is 0.0868. The first-order valence-corrected chi connectivity index (χ1v) is 5.33. The van der Waals surface area contributed by atoms with Crippen LogP contribution in [-0.2, 0) is 0 Å². The van der Waals surface area contributed by atoms with E-state index in [2.05, 4.69) is 15.3 Å². The summed E-state index contributed by atoms with van der Waals surface area (Å²) in [5, 5.41) is 3.26. The van der Waals surface area contributed by atoms with Crippen molar-refractivity contribution >= 4 is 11.0 Å². The molecule has 2 heterocycles. The molecule has 1 atom stereocenters. The molecule has 1 unspecified atom stereocenters. The Morgan fingerprint density at radius 1 is 1.31 bits per heavy atom. The molecule has 1 fully saturated rings. The highest BCUT2D eigenvalue weighted by Gasteiger charge is 2.21. The van der Waals surface area contributed by atoms with Gasteiger partial charge in [-0.3, -0.25) is 0 Å². The quantitative estimate of drug-likeness (QED) is 0.778. The lowest BCUT2D eigenvalue weighted by Crippen LogP contribution is -2.14. The molecule has 3 nitrogen and oxygen atoms in total. The van der Waals surface area contributed by atoms with Gasteiger partial charge in [-0.1, -0.05) is 0 Å². The average molecular weight is 223 g/mol. The predicted molar refractivity (Wildman–Crippen MR) is 56.0 cm³/mol. The molecule has 1 aliphatic heterocycles. The first kappa shape index (κ1) is 9.72. The van der Waals surface area contributed by atoms with Gasteiger partial charge in [0.1, 0.15) is 11.3 Å². The molecule has 84 valence electrons. The number of nitrogens with one attached hydrogen (secondary N) is 2. The molecule has 0 aliphatic carbocycles. The predicted octanol–water partition coefficient (Wildman–Crippen LogP) is 2.27. The van der Waals surface area contributed by atoms with E-state index in [1.807, 2.05) is 0 Å². The highest BCUT2D eigenvalue weighted by atomic mass is 19.2. The Labute approximate surface area is 90.9 Å². The summed E-state index contributed by atoms with van der Waals surface area (Å²) in [4.78, 5) is 7.15. The van der Waals surface area contributed by atoms with Gasteiger partial charge < -0.3 is 10.3 Å². The van der Waals surface area contributed by atoms with Gasteiger partial charge in [0.2, 0.25) is 0 Å². The van der Waals surface area contributed by atoms with Gasteiger partial charge in [0.25, 0.3) is 0 Å². The van der Waals surface area contributed by atoms with Crippen molar-refractivity contribution in [3.05, 3.63) is 29.6 Å². The number of rotatable bonds is 1. The Bertz CT molecular complexity index is 529. The van der Waals surface area contributed by atoms with E-state index >= 15 is 0 Å². The number of H-pyrrole nitrogens is 1. The lowest BCUT2D eigenvalue weighted by molar-refractivity contribution is 0.515. The third-order valence-corrected chi connectivity index (χ3v) is 2.95. The lowest BCUT2D eigenvalue weighted by atomic mass is 10.2. The molecule has 2 aromatic rings. The van der Waals surface area contributed by atoms with Gasteiger partial charge in [-0.15, -0.1) is 0 Å². The maximum absolute atomic E-state index is 13.4. The van der Waals surface area contributed by atoms with Crippen molar-refractivity contribution in [2.45, 2.75) is 18.9 Å². The highest BCUT2D eigenvalue weighted by molar-refractivity contribution is 5.75.